The van der Waals surface area contributed by atoms with Gasteiger partial charge in [-0.15, -0.1) is 5.10 Å². The van der Waals surface area contributed by atoms with Gasteiger partial charge in [0.2, 0.25) is 0 Å². The SMILES string of the molecule is CCC(NCCCn1ccnn1)c1ccc(Br)cc1. The maximum atomic E-state index is 3.95. The highest BCUT2D eigenvalue weighted by Gasteiger charge is 2.07. The molecule has 19 heavy (non-hydrogen) atoms. The first-order valence-corrected chi connectivity index (χ1v) is 7.42. The molecule has 0 radical (unpaired) electrons. The van der Waals surface area contributed by atoms with Crippen molar-refractivity contribution in [3.8, 4) is 0 Å². The molecule has 2 aromatic rings. The van der Waals surface area contributed by atoms with Crippen molar-refractivity contribution in [3.05, 3.63) is 46.7 Å². The van der Waals surface area contributed by atoms with Crippen molar-refractivity contribution in [1.29, 1.82) is 0 Å². The Balaban J connectivity index is 1.77. The van der Waals surface area contributed by atoms with Crippen molar-refractivity contribution in [1.82, 2.24) is 20.3 Å². The number of hydrogen-bond donors (Lipinski definition) is 1. The summed E-state index contributed by atoms with van der Waals surface area (Å²) in [6, 6.07) is 8.94. The first kappa shape index (κ1) is 14.2. The smallest absolute Gasteiger partial charge is 0.0692 e. The molecule has 0 aliphatic carbocycles. The lowest BCUT2D eigenvalue weighted by atomic mass is 10.0. The van der Waals surface area contributed by atoms with Crippen molar-refractivity contribution in [2.45, 2.75) is 32.4 Å². The van der Waals surface area contributed by atoms with E-state index in [1.165, 1.54) is 5.56 Å². The molecule has 5 heteroatoms. The van der Waals surface area contributed by atoms with Crippen molar-refractivity contribution in [3.63, 3.8) is 0 Å². The van der Waals surface area contributed by atoms with Gasteiger partial charge >= 0.3 is 0 Å². The Kier molecular flexibility index (Phi) is 5.54. The van der Waals surface area contributed by atoms with Crippen LogP contribution < -0.4 is 5.32 Å². The second-order valence-corrected chi connectivity index (χ2v) is 5.40. The van der Waals surface area contributed by atoms with Crippen LogP contribution in [0.4, 0.5) is 0 Å². The minimum absolute atomic E-state index is 0.420. The second kappa shape index (κ2) is 7.40. The molecular weight excluding hydrogens is 304 g/mol. The van der Waals surface area contributed by atoms with Crippen LogP contribution in [0.15, 0.2) is 41.1 Å². The van der Waals surface area contributed by atoms with Crippen molar-refractivity contribution < 1.29 is 0 Å². The number of rotatable bonds is 7. The summed E-state index contributed by atoms with van der Waals surface area (Å²) in [6.07, 6.45) is 5.75. The van der Waals surface area contributed by atoms with Gasteiger partial charge in [0, 0.05) is 23.3 Å². The van der Waals surface area contributed by atoms with Crippen LogP contribution in [0.3, 0.4) is 0 Å². The zero-order valence-electron chi connectivity index (χ0n) is 11.1. The summed E-state index contributed by atoms with van der Waals surface area (Å²) in [7, 11) is 0. The highest BCUT2D eigenvalue weighted by Crippen LogP contribution is 2.19. The normalized spacial score (nSPS) is 12.5. The average Bonchev–Trinajstić information content (AvgIpc) is 2.93. The lowest BCUT2D eigenvalue weighted by Gasteiger charge is -2.17. The highest BCUT2D eigenvalue weighted by atomic mass is 79.9. The third-order valence-corrected chi connectivity index (χ3v) is 3.64. The summed E-state index contributed by atoms with van der Waals surface area (Å²) in [4.78, 5) is 0. The van der Waals surface area contributed by atoms with Gasteiger partial charge in [0.15, 0.2) is 0 Å². The summed E-state index contributed by atoms with van der Waals surface area (Å²) in [5, 5.41) is 11.3. The molecule has 102 valence electrons. The molecule has 0 saturated heterocycles. The quantitative estimate of drug-likeness (QED) is 0.796. The lowest BCUT2D eigenvalue weighted by molar-refractivity contribution is 0.475. The molecular formula is C14H19BrN4. The van der Waals surface area contributed by atoms with Crippen LogP contribution >= 0.6 is 15.9 Å². The summed E-state index contributed by atoms with van der Waals surface area (Å²) < 4.78 is 2.99. The molecule has 0 saturated carbocycles. The zero-order chi connectivity index (χ0) is 13.5. The predicted octanol–water partition coefficient (Wildman–Crippen LogP) is 3.17. The third kappa shape index (κ3) is 4.44. The van der Waals surface area contributed by atoms with Crippen LogP contribution in [0.2, 0.25) is 0 Å². The maximum Gasteiger partial charge on any atom is 0.0692 e. The monoisotopic (exact) mass is 322 g/mol. The van der Waals surface area contributed by atoms with Gasteiger partial charge in [0.1, 0.15) is 0 Å². The molecule has 1 atom stereocenters. The Morgan fingerprint density at radius 1 is 1.32 bits per heavy atom. The predicted molar refractivity (Wildman–Crippen MR) is 79.8 cm³/mol. The Bertz CT molecular complexity index is 467. The van der Waals surface area contributed by atoms with Crippen LogP contribution in [0, 0.1) is 0 Å². The van der Waals surface area contributed by atoms with E-state index in [2.05, 4.69) is 62.7 Å². The highest BCUT2D eigenvalue weighted by molar-refractivity contribution is 9.10. The summed E-state index contributed by atoms with van der Waals surface area (Å²) in [5.74, 6) is 0. The van der Waals surface area contributed by atoms with Gasteiger partial charge in [-0.3, -0.25) is 4.68 Å². The van der Waals surface area contributed by atoms with E-state index in [9.17, 15) is 0 Å². The molecule has 1 unspecified atom stereocenters. The topological polar surface area (TPSA) is 42.7 Å². The number of nitrogens with one attached hydrogen (secondary N) is 1. The third-order valence-electron chi connectivity index (χ3n) is 3.11. The Labute approximate surface area is 122 Å². The number of aromatic nitrogens is 3. The molecule has 0 amide bonds. The standard InChI is InChI=1S/C14H19BrN4/c1-2-14(12-4-6-13(15)7-5-12)16-8-3-10-19-11-9-17-18-19/h4-7,9,11,14,16H,2-3,8,10H2,1H3. The largest absolute Gasteiger partial charge is 0.310 e. The number of halogens is 1. The Hall–Kier alpha value is -1.20. The summed E-state index contributed by atoms with van der Waals surface area (Å²) >= 11 is 3.47. The molecule has 0 spiro atoms. The molecule has 1 aromatic heterocycles. The summed E-state index contributed by atoms with van der Waals surface area (Å²) in [6.45, 7) is 4.09. The van der Waals surface area contributed by atoms with E-state index in [4.69, 9.17) is 0 Å². The van der Waals surface area contributed by atoms with Gasteiger partial charge in [-0.05, 0) is 37.1 Å². The molecule has 1 heterocycles. The van der Waals surface area contributed by atoms with E-state index < -0.39 is 0 Å². The molecule has 0 aliphatic rings. The van der Waals surface area contributed by atoms with Gasteiger partial charge in [-0.1, -0.05) is 40.2 Å². The van der Waals surface area contributed by atoms with E-state index >= 15 is 0 Å². The molecule has 2 rings (SSSR count). The Morgan fingerprint density at radius 2 is 2.11 bits per heavy atom. The molecule has 0 aliphatic heterocycles. The van der Waals surface area contributed by atoms with Crippen LogP contribution in [-0.4, -0.2) is 21.5 Å². The van der Waals surface area contributed by atoms with E-state index in [1.807, 2.05) is 10.9 Å². The van der Waals surface area contributed by atoms with Gasteiger partial charge in [0.05, 0.1) is 6.20 Å². The second-order valence-electron chi connectivity index (χ2n) is 4.49. The minimum atomic E-state index is 0.420. The minimum Gasteiger partial charge on any atom is -0.310 e. The number of benzene rings is 1. The van der Waals surface area contributed by atoms with Crippen LogP contribution in [0.25, 0.3) is 0 Å². The maximum absolute atomic E-state index is 3.95. The molecule has 0 fully saturated rings. The van der Waals surface area contributed by atoms with E-state index in [-0.39, 0.29) is 0 Å². The lowest BCUT2D eigenvalue weighted by Crippen LogP contribution is -2.23. The number of hydrogen-bond acceptors (Lipinski definition) is 3. The zero-order valence-corrected chi connectivity index (χ0v) is 12.7. The van der Waals surface area contributed by atoms with Gasteiger partial charge in [-0.25, -0.2) is 0 Å². The van der Waals surface area contributed by atoms with E-state index in [0.717, 1.165) is 30.4 Å². The fourth-order valence-corrected chi connectivity index (χ4v) is 2.33. The number of nitrogens with zero attached hydrogens (tertiary/aromatic N) is 3. The van der Waals surface area contributed by atoms with Crippen molar-refractivity contribution in [2.75, 3.05) is 6.54 Å². The molecule has 0 bridgehead atoms. The Morgan fingerprint density at radius 3 is 2.74 bits per heavy atom. The van der Waals surface area contributed by atoms with Crippen LogP contribution in [-0.2, 0) is 6.54 Å². The van der Waals surface area contributed by atoms with E-state index in [0.29, 0.717) is 6.04 Å². The average molecular weight is 323 g/mol. The van der Waals surface area contributed by atoms with Crippen molar-refractivity contribution >= 4 is 15.9 Å². The molecule has 1 N–H and O–H groups in total. The first-order valence-electron chi connectivity index (χ1n) is 6.62. The number of aryl methyl sites for hydroxylation is 1. The van der Waals surface area contributed by atoms with Gasteiger partial charge in [-0.2, -0.15) is 0 Å². The van der Waals surface area contributed by atoms with E-state index in [1.54, 1.807) is 6.20 Å². The fourth-order valence-electron chi connectivity index (χ4n) is 2.06. The molecule has 4 nitrogen and oxygen atoms in total. The van der Waals surface area contributed by atoms with Gasteiger partial charge in [0.25, 0.3) is 0 Å². The van der Waals surface area contributed by atoms with Crippen molar-refractivity contribution in [2.24, 2.45) is 0 Å². The van der Waals surface area contributed by atoms with Gasteiger partial charge < -0.3 is 5.32 Å². The van der Waals surface area contributed by atoms with Crippen LogP contribution in [0.1, 0.15) is 31.4 Å². The molecule has 1 aromatic carbocycles. The summed E-state index contributed by atoms with van der Waals surface area (Å²) in [5.41, 5.74) is 1.34. The first-order chi connectivity index (χ1) is 9.29. The fraction of sp³-hybridized carbons (Fsp3) is 0.429. The van der Waals surface area contributed by atoms with Crippen LogP contribution in [0.5, 0.6) is 0 Å².